The molecule has 24 heteroatoms. The Hall–Kier alpha value is -7.44. The summed E-state index contributed by atoms with van der Waals surface area (Å²) in [5.41, 5.74) is -3.62. The molecule has 0 aromatic heterocycles. The molecule has 0 spiro atoms. The maximum Gasteiger partial charge on any atom is 0.131 e. The Kier molecular flexibility index (Phi) is 27.1. The first-order valence-electron chi connectivity index (χ1n) is 71.0. The second-order valence-electron chi connectivity index (χ2n) is 42.8. The molecule has 8 aromatic carbocycles. The van der Waals surface area contributed by atoms with Crippen LogP contribution in [0.2, 0.25) is 0 Å². The molecule has 8 aliphatic heterocycles. The Morgan fingerprint density at radius 2 is 0.514 bits per heavy atom. The fourth-order valence-corrected chi connectivity index (χ4v) is 14.5. The van der Waals surface area contributed by atoms with E-state index in [1.807, 2.05) is 74.4 Å². The van der Waals surface area contributed by atoms with Crippen LogP contribution in [0.3, 0.4) is 0 Å². The highest BCUT2D eigenvalue weighted by atomic mass is 19.2. The molecule has 8 saturated heterocycles. The van der Waals surface area contributed by atoms with Gasteiger partial charge in [-0.2, -0.15) is 0 Å². The van der Waals surface area contributed by atoms with Crippen molar-refractivity contribution in [1.82, 2.24) is 39.2 Å². The Bertz CT molecular complexity index is 7470. The van der Waals surface area contributed by atoms with Gasteiger partial charge in [0.05, 0.1) is 138 Å². The summed E-state index contributed by atoms with van der Waals surface area (Å²) in [6, 6.07) is 10.9. The first-order chi connectivity index (χ1) is 85.5. The zero-order valence-corrected chi connectivity index (χ0v) is 87.6. The maximum absolute atomic E-state index is 15.1. The van der Waals surface area contributed by atoms with Crippen molar-refractivity contribution in [3.8, 4) is 0 Å². The summed E-state index contributed by atoms with van der Waals surface area (Å²) in [5.74, 6) is -5.42. The summed E-state index contributed by atoms with van der Waals surface area (Å²) in [6.07, 6.45) is 0. The quantitative estimate of drug-likeness (QED) is 0.0857. The summed E-state index contributed by atoms with van der Waals surface area (Å²) in [4.78, 5) is 8.84. The topological polar surface area (TPSA) is 99.8 Å². The van der Waals surface area contributed by atoms with E-state index in [0.29, 0.717) is 113 Å². The van der Waals surface area contributed by atoms with Crippen molar-refractivity contribution in [3.05, 3.63) is 281 Å². The van der Waals surface area contributed by atoms with Crippen LogP contribution in [0.25, 0.3) is 0 Å². The van der Waals surface area contributed by atoms with E-state index in [0.717, 1.165) is 69.7 Å². The minimum atomic E-state index is -3.65. The fraction of sp³-hybridized carbons (Fsp3) is 0.600. The van der Waals surface area contributed by atoms with Gasteiger partial charge in [0, 0.05) is 198 Å². The first-order valence-corrected chi connectivity index (χ1v) is 48.0. The van der Waals surface area contributed by atoms with E-state index < -0.39 is 261 Å². The zero-order chi connectivity index (χ0) is 146. The van der Waals surface area contributed by atoms with E-state index in [1.165, 1.54) is 54.3 Å². The number of rotatable bonds is 16. The van der Waals surface area contributed by atoms with Gasteiger partial charge >= 0.3 is 0 Å². The molecule has 8 heterocycles. The smallest absolute Gasteiger partial charge is 0.131 e. The van der Waals surface area contributed by atoms with Crippen molar-refractivity contribution in [1.29, 1.82) is 0 Å². The summed E-state index contributed by atoms with van der Waals surface area (Å²) < 4.78 is 524. The van der Waals surface area contributed by atoms with Gasteiger partial charge < -0.3 is 37.9 Å². The highest BCUT2D eigenvalue weighted by molar-refractivity contribution is 5.38. The molecule has 16 nitrogen and oxygen atoms in total. The predicted octanol–water partition coefficient (Wildman–Crippen LogP) is 23.6. The van der Waals surface area contributed by atoms with Gasteiger partial charge in [0.25, 0.3) is 0 Å². The van der Waals surface area contributed by atoms with Gasteiger partial charge in [-0.25, -0.2) is 35.1 Å². The Labute approximate surface area is 925 Å². The van der Waals surface area contributed by atoms with Gasteiger partial charge in [-0.1, -0.05) is 275 Å². The standard InChI is InChI=1S/8C15H22FNO/c6*1-15(2,3)13-10-12(4-5-14(13)16)11-17-6-8-18-9-7-17;2*1-15(2,3)13-6-4-5-12(14(13)16)11-17-7-9-18-10-8-17/h6*4-5,10H,6-9,11H2,1-3H3;2*4-6H,7-11H2,1-3H3/i4D,5D,6D2,7D2,8D2,9D2,10D,11D2;6D2,7D2,8D2,9D2,11D2;6D2,7D2,8D2,9D2;4D,5D,10D,11D2;4D,5D,10D;;4D,5D,6D,11D2;11D2. The number of nitrogens with zero attached hydrogens (tertiary/aromatic N) is 8. The van der Waals surface area contributed by atoms with Crippen LogP contribution in [0.4, 0.5) is 35.1 Å². The molecule has 0 N–H and O–H groups in total. The summed E-state index contributed by atoms with van der Waals surface area (Å²) in [6.45, 7) is 1.16. The minimum Gasteiger partial charge on any atom is -0.379 e. The van der Waals surface area contributed by atoms with Crippen LogP contribution in [0.15, 0.2) is 145 Å². The number of morpholine rings is 8. The zero-order valence-electron chi connectivity index (χ0n) is 134. The molecule has 800 valence electrons. The van der Waals surface area contributed by atoms with Crippen LogP contribution in [0, 0.1) is 46.5 Å². The van der Waals surface area contributed by atoms with E-state index in [2.05, 4.69) is 24.0 Å². The molecule has 8 fully saturated rings. The molecule has 0 radical (unpaired) electrons. The third kappa shape index (κ3) is 40.8. The molecule has 0 bridgehead atoms. The van der Waals surface area contributed by atoms with Crippen molar-refractivity contribution in [2.24, 2.45) is 0 Å². The van der Waals surface area contributed by atoms with Gasteiger partial charge in [-0.05, 0) is 158 Å². The van der Waals surface area contributed by atoms with E-state index in [4.69, 9.17) is 86.7 Å². The van der Waals surface area contributed by atoms with Gasteiger partial charge in [-0.3, -0.25) is 39.2 Å². The SMILES string of the molecule is CC(C)(C)c1cc(CN2CCOCC2)ccc1F.[2H]C([2H])(c1ccc(F)c(C(C)(C)C)c1)N1C([2H])([2H])C([2H])([2H])OC([2H])([2H])C1([2H])[2H].[2H]C([2H])(c1cccc(C(C)(C)C)c1F)N1CCOCC1.[2H]C1([2H])OC([2H])([2H])C([2H])([2H])N(Cc2ccc(F)c(C(C)(C)C)c2)C1([2H])[2H].[2H]c1c([2H])c(C(C)(C)C)c(F)c(C([2H])([2H])N2CCOCC2)c1[2H].[2H]c1c([2H])c(C([2H])([2H])N2C([2H])([2H])C([2H])([2H])OC([2H])([2H])C2([2H])[2H])c([2H])c(C(C)(C)C)c1F.[2H]c1c([2H])c(C([2H])([2H])N2CCOCC2)c([2H])c(C(C)(C)C)c1F.[2H]c1c([2H])c(CN2CCOCC2)c([2H])c(C(C)(C)C)c1F. The van der Waals surface area contributed by atoms with Crippen molar-refractivity contribution in [2.45, 2.75) is 262 Å². The lowest BCUT2D eigenvalue weighted by atomic mass is 9.85. The number of hydrogen-bond acceptors (Lipinski definition) is 16. The second-order valence-corrected chi connectivity index (χ2v) is 42.8. The monoisotopic (exact) mass is 2060 g/mol. The van der Waals surface area contributed by atoms with E-state index in [-0.39, 0.29) is 97.8 Å². The van der Waals surface area contributed by atoms with Gasteiger partial charge in [0.15, 0.2) is 0 Å². The van der Waals surface area contributed by atoms with Crippen LogP contribution < -0.4 is 0 Å². The predicted molar refractivity (Wildman–Crippen MR) is 570 cm³/mol. The summed E-state index contributed by atoms with van der Waals surface area (Å²) in [7, 11) is 0. The number of benzene rings is 8. The number of hydrogen-bond donors (Lipinski definition) is 0. The van der Waals surface area contributed by atoms with Crippen molar-refractivity contribution in [2.75, 3.05) is 210 Å². The number of ether oxygens (including phenoxy) is 8. The Morgan fingerprint density at radius 3 is 0.868 bits per heavy atom. The average Bonchev–Trinajstić information content (AvgIpc) is 0.687. The lowest BCUT2D eigenvalue weighted by Crippen LogP contribution is -2.36. The van der Waals surface area contributed by atoms with Crippen LogP contribution in [0.5, 0.6) is 0 Å². The molecule has 0 unspecified atom stereocenters. The Balaban J connectivity index is 0.000000237. The molecule has 0 atom stereocenters. The lowest BCUT2D eigenvalue weighted by molar-refractivity contribution is 0.0336. The average molecular weight is 2060 g/mol. The minimum absolute atomic E-state index is 0.0226. The van der Waals surface area contributed by atoms with Crippen molar-refractivity contribution >= 4 is 0 Å². The summed E-state index contributed by atoms with van der Waals surface area (Å²) in [5, 5.41) is 0. The molecule has 144 heavy (non-hydrogen) atoms. The molecule has 16 rings (SSSR count). The highest BCUT2D eigenvalue weighted by Crippen LogP contribution is 2.36. The Morgan fingerprint density at radius 1 is 0.243 bits per heavy atom. The van der Waals surface area contributed by atoms with E-state index in [9.17, 15) is 30.7 Å². The van der Waals surface area contributed by atoms with Crippen LogP contribution in [-0.4, -0.2) is 249 Å². The third-order valence-electron chi connectivity index (χ3n) is 22.4. The first kappa shape index (κ1) is 69.1. The van der Waals surface area contributed by atoms with Gasteiger partial charge in [0.1, 0.15) is 46.5 Å². The molecule has 0 aliphatic carbocycles. The van der Waals surface area contributed by atoms with Crippen LogP contribution in [0.1, 0.15) is 318 Å². The molecular weight excluding hydrogens is 1830 g/mol. The molecule has 8 aromatic rings. The van der Waals surface area contributed by atoms with Crippen molar-refractivity contribution < 1.29 is 136 Å². The van der Waals surface area contributed by atoms with Gasteiger partial charge in [-0.15, -0.1) is 0 Å². The fourth-order valence-electron chi connectivity index (χ4n) is 14.5. The number of halogens is 8. The van der Waals surface area contributed by atoms with E-state index >= 15 is 4.39 Å². The summed E-state index contributed by atoms with van der Waals surface area (Å²) >= 11 is 0. The normalized spacial score (nSPS) is 27.4. The maximum atomic E-state index is 15.1. The molecule has 0 saturated carbocycles. The third-order valence-corrected chi connectivity index (χ3v) is 22.4. The van der Waals surface area contributed by atoms with Gasteiger partial charge in [0.2, 0.25) is 0 Å². The molecular formula is C120H176F8N8O8. The van der Waals surface area contributed by atoms with Crippen LogP contribution in [-0.2, 0) is 133 Å². The van der Waals surface area contributed by atoms with Crippen molar-refractivity contribution in [3.63, 3.8) is 0 Å². The highest BCUT2D eigenvalue weighted by Gasteiger charge is 2.30. The lowest BCUT2D eigenvalue weighted by Gasteiger charge is -2.28. The van der Waals surface area contributed by atoms with Crippen LogP contribution >= 0.6 is 0 Å². The largest absolute Gasteiger partial charge is 0.379 e. The second kappa shape index (κ2) is 56.4. The van der Waals surface area contributed by atoms with E-state index in [1.54, 1.807) is 112 Å². The molecule has 8 aliphatic rings. The molecule has 0 amide bonds.